The lowest BCUT2D eigenvalue weighted by atomic mass is 10.00. The zero-order chi connectivity index (χ0) is 16.5. The Labute approximate surface area is 134 Å². The van der Waals surface area contributed by atoms with Crippen molar-refractivity contribution in [2.45, 2.75) is 25.4 Å². The first kappa shape index (κ1) is 18.7. The quantitative estimate of drug-likeness (QED) is 0.698. The predicted molar refractivity (Wildman–Crippen MR) is 85.8 cm³/mol. The van der Waals surface area contributed by atoms with Gasteiger partial charge in [0.2, 0.25) is 0 Å². The Morgan fingerprint density at radius 3 is 2.50 bits per heavy atom. The van der Waals surface area contributed by atoms with Crippen LogP contribution >= 0.6 is 11.8 Å². The molecule has 2 rings (SSSR count). The van der Waals surface area contributed by atoms with Crippen molar-refractivity contribution in [1.82, 2.24) is 0 Å². The minimum atomic E-state index is -1.07. The Hall–Kier alpha value is -1.34. The molecule has 0 radical (unpaired) electrons. The van der Waals surface area contributed by atoms with E-state index >= 15 is 0 Å². The van der Waals surface area contributed by atoms with E-state index in [9.17, 15) is 15.0 Å². The summed E-state index contributed by atoms with van der Waals surface area (Å²) in [5.41, 5.74) is 5.07. The van der Waals surface area contributed by atoms with Crippen LogP contribution in [-0.2, 0) is 4.79 Å². The van der Waals surface area contributed by atoms with Gasteiger partial charge in [0, 0.05) is 22.5 Å². The third-order valence-corrected chi connectivity index (χ3v) is 4.41. The fourth-order valence-electron chi connectivity index (χ4n) is 1.85. The molecule has 0 unspecified atom stereocenters. The van der Waals surface area contributed by atoms with Crippen LogP contribution in [0.2, 0.25) is 0 Å². The molecule has 1 fully saturated rings. The summed E-state index contributed by atoms with van der Waals surface area (Å²) in [4.78, 5) is 11.7. The number of thioether (sulfide) groups is 1. The molecule has 0 aromatic heterocycles. The van der Waals surface area contributed by atoms with Crippen LogP contribution in [0.4, 0.5) is 0 Å². The van der Waals surface area contributed by atoms with Crippen LogP contribution < -0.4 is 10.8 Å². The number of hydrogen-bond donors (Lipinski definition) is 3. The van der Waals surface area contributed by atoms with E-state index in [1.807, 2.05) is 18.2 Å². The van der Waals surface area contributed by atoms with Crippen LogP contribution in [0.5, 0.6) is 0 Å². The monoisotopic (exact) mass is 325 g/mol. The van der Waals surface area contributed by atoms with Gasteiger partial charge in [-0.2, -0.15) is 0 Å². The molecule has 22 heavy (non-hydrogen) atoms. The van der Waals surface area contributed by atoms with Crippen LogP contribution in [-0.4, -0.2) is 41.2 Å². The van der Waals surface area contributed by atoms with Gasteiger partial charge in [-0.25, -0.2) is 0 Å². The lowest BCUT2D eigenvalue weighted by Gasteiger charge is -2.12. The maximum Gasteiger partial charge on any atom is 0.0974 e. The standard InChI is InChI=1S/C14H16O3S.C2H7NO/c1-9(14(16)17)11-4-2-10(3-5-11)8-13-12(15)6-7-18-13;3-1-2-4/h2-5,8-9,12,15H,6-7H2,1H3,(H,16,17);4H,1-3H2/b13-8-;/t9-,12-;/m0./s1. The van der Waals surface area contributed by atoms with Crippen molar-refractivity contribution in [2.75, 3.05) is 18.9 Å². The normalized spacial score (nSPS) is 20.4. The summed E-state index contributed by atoms with van der Waals surface area (Å²) in [6.07, 6.45) is 2.41. The van der Waals surface area contributed by atoms with E-state index in [0.29, 0.717) is 6.54 Å². The summed E-state index contributed by atoms with van der Waals surface area (Å²) in [5, 5.41) is 28.3. The molecule has 0 amide bonds. The number of rotatable bonds is 4. The molecule has 1 heterocycles. The summed E-state index contributed by atoms with van der Waals surface area (Å²) in [6.45, 7) is 2.44. The molecule has 1 saturated heterocycles. The van der Waals surface area contributed by atoms with Crippen molar-refractivity contribution in [3.63, 3.8) is 0 Å². The van der Waals surface area contributed by atoms with Gasteiger partial charge >= 0.3 is 0 Å². The van der Waals surface area contributed by atoms with Crippen molar-refractivity contribution >= 4 is 23.8 Å². The number of aliphatic carboxylic acids is 1. The zero-order valence-electron chi connectivity index (χ0n) is 12.7. The van der Waals surface area contributed by atoms with Gasteiger partial charge in [-0.15, -0.1) is 11.8 Å². The molecule has 0 spiro atoms. The lowest BCUT2D eigenvalue weighted by Crippen LogP contribution is -2.51. The number of carbonyl (C=O) groups is 1. The SMILES string of the molecule is C[C@H](C(=O)[O-])c1ccc(/C=C2\SCC[C@@H]2O)cc1.[NH3+]CCO. The number of benzene rings is 1. The third-order valence-electron chi connectivity index (χ3n) is 3.25. The molecule has 1 aliphatic rings. The van der Waals surface area contributed by atoms with Gasteiger partial charge in [-0.1, -0.05) is 31.2 Å². The van der Waals surface area contributed by atoms with E-state index < -0.39 is 11.9 Å². The summed E-state index contributed by atoms with van der Waals surface area (Å²) >= 11 is 1.67. The third kappa shape index (κ3) is 5.81. The van der Waals surface area contributed by atoms with E-state index in [0.717, 1.165) is 28.2 Å². The molecule has 5 N–H and O–H groups in total. The van der Waals surface area contributed by atoms with E-state index in [2.05, 4.69) is 5.73 Å². The summed E-state index contributed by atoms with van der Waals surface area (Å²) in [7, 11) is 0. The molecule has 1 aromatic carbocycles. The highest BCUT2D eigenvalue weighted by Crippen LogP contribution is 2.32. The van der Waals surface area contributed by atoms with Crippen molar-refractivity contribution in [3.05, 3.63) is 40.3 Å². The number of aliphatic hydroxyl groups is 2. The maximum absolute atomic E-state index is 10.7. The summed E-state index contributed by atoms with van der Waals surface area (Å²) in [6, 6.07) is 7.32. The highest BCUT2D eigenvalue weighted by atomic mass is 32.2. The summed E-state index contributed by atoms with van der Waals surface area (Å²) < 4.78 is 0. The first-order valence-electron chi connectivity index (χ1n) is 7.23. The highest BCUT2D eigenvalue weighted by molar-refractivity contribution is 8.03. The summed E-state index contributed by atoms with van der Waals surface area (Å²) in [5.74, 6) is -0.715. The topological polar surface area (TPSA) is 108 Å². The number of aliphatic hydroxyl groups excluding tert-OH is 2. The van der Waals surface area contributed by atoms with E-state index in [4.69, 9.17) is 5.11 Å². The minimum absolute atomic E-state index is 0.208. The molecule has 0 aliphatic carbocycles. The molecule has 122 valence electrons. The van der Waals surface area contributed by atoms with Crippen LogP contribution in [0.1, 0.15) is 30.4 Å². The van der Waals surface area contributed by atoms with E-state index in [1.54, 1.807) is 30.8 Å². The zero-order valence-corrected chi connectivity index (χ0v) is 13.5. The van der Waals surface area contributed by atoms with Gasteiger partial charge in [-0.3, -0.25) is 0 Å². The van der Waals surface area contributed by atoms with Gasteiger partial charge in [-0.05, 0) is 23.6 Å². The highest BCUT2D eigenvalue weighted by Gasteiger charge is 2.18. The Morgan fingerprint density at radius 1 is 1.50 bits per heavy atom. The lowest BCUT2D eigenvalue weighted by molar-refractivity contribution is -0.372. The van der Waals surface area contributed by atoms with Crippen molar-refractivity contribution < 1.29 is 25.8 Å². The smallest absolute Gasteiger partial charge is 0.0974 e. The molecule has 1 aliphatic heterocycles. The average Bonchev–Trinajstić information content (AvgIpc) is 2.92. The Bertz CT molecular complexity index is 499. The maximum atomic E-state index is 10.7. The van der Waals surface area contributed by atoms with Crippen LogP contribution in [0.15, 0.2) is 29.2 Å². The van der Waals surface area contributed by atoms with Crippen LogP contribution in [0.25, 0.3) is 6.08 Å². The molecule has 1 aromatic rings. The molecule has 2 atom stereocenters. The van der Waals surface area contributed by atoms with Gasteiger partial charge < -0.3 is 25.8 Å². The first-order chi connectivity index (χ1) is 10.5. The van der Waals surface area contributed by atoms with Gasteiger partial charge in [0.1, 0.15) is 0 Å². The van der Waals surface area contributed by atoms with Crippen LogP contribution in [0, 0.1) is 0 Å². The van der Waals surface area contributed by atoms with Crippen LogP contribution in [0.3, 0.4) is 0 Å². The predicted octanol–water partition coefficient (Wildman–Crippen LogP) is -0.401. The first-order valence-corrected chi connectivity index (χ1v) is 8.21. The Balaban J connectivity index is 0.000000541. The van der Waals surface area contributed by atoms with Gasteiger partial charge in [0.05, 0.1) is 19.3 Å². The molecule has 6 heteroatoms. The second kappa shape index (κ2) is 9.63. The van der Waals surface area contributed by atoms with Gasteiger partial charge in [0.15, 0.2) is 0 Å². The van der Waals surface area contributed by atoms with E-state index in [1.165, 1.54) is 0 Å². The second-order valence-electron chi connectivity index (χ2n) is 4.98. The van der Waals surface area contributed by atoms with Crippen molar-refractivity contribution in [1.29, 1.82) is 0 Å². The fraction of sp³-hybridized carbons (Fsp3) is 0.438. The van der Waals surface area contributed by atoms with Gasteiger partial charge in [0.25, 0.3) is 0 Å². The van der Waals surface area contributed by atoms with Crippen molar-refractivity contribution in [2.24, 2.45) is 0 Å². The molecule has 0 saturated carbocycles. The molecular formula is C16H23NO4S. The molecule has 5 nitrogen and oxygen atoms in total. The number of carboxylic acid groups (broad SMARTS) is 1. The Morgan fingerprint density at radius 2 is 2.09 bits per heavy atom. The molecular weight excluding hydrogens is 302 g/mol. The Kier molecular flexibility index (Phi) is 8.19. The fourth-order valence-corrected chi connectivity index (χ4v) is 2.95. The number of quaternary nitrogens is 1. The largest absolute Gasteiger partial charge is 0.550 e. The minimum Gasteiger partial charge on any atom is -0.550 e. The molecule has 0 bridgehead atoms. The van der Waals surface area contributed by atoms with Crippen molar-refractivity contribution in [3.8, 4) is 0 Å². The second-order valence-corrected chi connectivity index (χ2v) is 6.15. The number of carboxylic acids is 1. The van der Waals surface area contributed by atoms with E-state index in [-0.39, 0.29) is 12.7 Å². The number of carbonyl (C=O) groups excluding carboxylic acids is 1. The average molecular weight is 325 g/mol. The number of hydrogen-bond acceptors (Lipinski definition) is 5.